The van der Waals surface area contributed by atoms with E-state index in [9.17, 15) is 14.0 Å². The van der Waals surface area contributed by atoms with Crippen LogP contribution < -0.4 is 15.6 Å². The number of carbonyl (C=O) groups is 1. The van der Waals surface area contributed by atoms with Crippen molar-refractivity contribution in [2.24, 2.45) is 0 Å². The van der Waals surface area contributed by atoms with Gasteiger partial charge in [-0.3, -0.25) is 18.6 Å². The summed E-state index contributed by atoms with van der Waals surface area (Å²) in [5.41, 5.74) is 0.666. The average molecular weight is 439 g/mol. The lowest BCUT2D eigenvalue weighted by atomic mass is 10.3. The van der Waals surface area contributed by atoms with Gasteiger partial charge in [-0.2, -0.15) is 0 Å². The lowest BCUT2D eigenvalue weighted by Gasteiger charge is -2.11. The van der Waals surface area contributed by atoms with E-state index in [0.717, 1.165) is 0 Å². The molecule has 1 atom stereocenters. The Labute approximate surface area is 180 Å². The van der Waals surface area contributed by atoms with E-state index in [-0.39, 0.29) is 11.6 Å². The standard InChI is InChI=1S/C21H18FN5O3S/c1-13(19(28)23-15-6-8-17(30-2)9-7-15)31-21-25-24-18-20(29)26(10-11-27(18)21)16-5-3-4-14(22)12-16/h3-13H,1-2H3,(H,23,28). The number of nitrogens with zero attached hydrogens (tertiary/aromatic N) is 4. The number of amides is 1. The van der Waals surface area contributed by atoms with Crippen LogP contribution in [0.25, 0.3) is 11.3 Å². The molecule has 2 aromatic heterocycles. The summed E-state index contributed by atoms with van der Waals surface area (Å²) in [7, 11) is 1.57. The molecule has 0 bridgehead atoms. The number of thioether (sulfide) groups is 1. The Morgan fingerprint density at radius 2 is 1.94 bits per heavy atom. The summed E-state index contributed by atoms with van der Waals surface area (Å²) in [6, 6.07) is 12.7. The smallest absolute Gasteiger partial charge is 0.300 e. The fourth-order valence-corrected chi connectivity index (χ4v) is 3.74. The van der Waals surface area contributed by atoms with E-state index in [1.807, 2.05) is 0 Å². The van der Waals surface area contributed by atoms with Gasteiger partial charge in [0.1, 0.15) is 11.6 Å². The van der Waals surface area contributed by atoms with Crippen LogP contribution in [0, 0.1) is 5.82 Å². The van der Waals surface area contributed by atoms with Crippen molar-refractivity contribution in [3.8, 4) is 11.4 Å². The SMILES string of the molecule is COc1ccc(NC(=O)C(C)Sc2nnc3c(=O)n(-c4cccc(F)c4)ccn23)cc1. The van der Waals surface area contributed by atoms with Crippen LogP contribution in [0.15, 0.2) is 70.9 Å². The van der Waals surface area contributed by atoms with E-state index in [1.165, 1.54) is 45.1 Å². The summed E-state index contributed by atoms with van der Waals surface area (Å²) in [5, 5.41) is 10.7. The molecule has 1 amide bonds. The van der Waals surface area contributed by atoms with Gasteiger partial charge in [-0.05, 0) is 49.4 Å². The summed E-state index contributed by atoms with van der Waals surface area (Å²) in [4.78, 5) is 25.3. The fraction of sp³-hybridized carbons (Fsp3) is 0.143. The second-order valence-corrected chi connectivity index (χ2v) is 7.92. The van der Waals surface area contributed by atoms with Crippen molar-refractivity contribution in [1.82, 2.24) is 19.2 Å². The number of nitrogens with one attached hydrogen (secondary N) is 1. The number of fused-ring (bicyclic) bond motifs is 1. The number of hydrogen-bond donors (Lipinski definition) is 1. The average Bonchev–Trinajstić information content (AvgIpc) is 3.18. The van der Waals surface area contributed by atoms with E-state index in [2.05, 4.69) is 15.5 Å². The zero-order valence-electron chi connectivity index (χ0n) is 16.7. The normalized spacial score (nSPS) is 12.0. The van der Waals surface area contributed by atoms with Crippen molar-refractivity contribution >= 4 is 29.0 Å². The zero-order chi connectivity index (χ0) is 22.0. The summed E-state index contributed by atoms with van der Waals surface area (Å²) < 4.78 is 21.4. The monoisotopic (exact) mass is 439 g/mol. The Morgan fingerprint density at radius 1 is 1.16 bits per heavy atom. The molecule has 0 saturated heterocycles. The molecule has 10 heteroatoms. The van der Waals surface area contributed by atoms with Gasteiger partial charge < -0.3 is 10.1 Å². The molecule has 2 aromatic carbocycles. The quantitative estimate of drug-likeness (QED) is 0.464. The molecule has 0 spiro atoms. The number of aromatic nitrogens is 4. The largest absolute Gasteiger partial charge is 0.497 e. The summed E-state index contributed by atoms with van der Waals surface area (Å²) in [6.45, 7) is 1.73. The second kappa shape index (κ2) is 8.60. The van der Waals surface area contributed by atoms with Crippen LogP contribution in [0.1, 0.15) is 6.92 Å². The van der Waals surface area contributed by atoms with Crippen LogP contribution >= 0.6 is 11.8 Å². The van der Waals surface area contributed by atoms with E-state index in [0.29, 0.717) is 22.3 Å². The molecule has 1 N–H and O–H groups in total. The molecule has 1 unspecified atom stereocenters. The van der Waals surface area contributed by atoms with Gasteiger partial charge in [0.2, 0.25) is 11.6 Å². The molecule has 0 fully saturated rings. The second-order valence-electron chi connectivity index (χ2n) is 6.61. The zero-order valence-corrected chi connectivity index (χ0v) is 17.5. The minimum Gasteiger partial charge on any atom is -0.497 e. The summed E-state index contributed by atoms with van der Waals surface area (Å²) in [6.07, 6.45) is 3.12. The maximum atomic E-state index is 13.5. The lowest BCUT2D eigenvalue weighted by molar-refractivity contribution is -0.115. The molecular formula is C21H18FN5O3S. The van der Waals surface area contributed by atoms with Crippen LogP contribution in [0.5, 0.6) is 5.75 Å². The third-order valence-corrected chi connectivity index (χ3v) is 5.59. The molecule has 0 aliphatic carbocycles. The van der Waals surface area contributed by atoms with Crippen molar-refractivity contribution in [1.29, 1.82) is 0 Å². The van der Waals surface area contributed by atoms with Gasteiger partial charge in [0.05, 0.1) is 18.0 Å². The molecular weight excluding hydrogens is 421 g/mol. The molecule has 4 rings (SSSR count). The number of benzene rings is 2. The minimum absolute atomic E-state index is 0.0806. The summed E-state index contributed by atoms with van der Waals surface area (Å²) in [5.74, 6) is 0.0259. The fourth-order valence-electron chi connectivity index (χ4n) is 2.91. The first-order valence-corrected chi connectivity index (χ1v) is 10.2. The van der Waals surface area contributed by atoms with E-state index < -0.39 is 16.6 Å². The van der Waals surface area contributed by atoms with Crippen molar-refractivity contribution in [2.45, 2.75) is 17.3 Å². The van der Waals surface area contributed by atoms with Gasteiger partial charge in [0, 0.05) is 18.1 Å². The maximum Gasteiger partial charge on any atom is 0.300 e. The topological polar surface area (TPSA) is 90.5 Å². The summed E-state index contributed by atoms with van der Waals surface area (Å²) >= 11 is 1.17. The Bertz CT molecular complexity index is 1300. The number of methoxy groups -OCH3 is 1. The number of rotatable bonds is 6. The Hall–Kier alpha value is -3.66. The molecule has 0 aliphatic heterocycles. The van der Waals surface area contributed by atoms with Gasteiger partial charge in [0.15, 0.2) is 5.16 Å². The van der Waals surface area contributed by atoms with Gasteiger partial charge in [-0.25, -0.2) is 4.39 Å². The van der Waals surface area contributed by atoms with Gasteiger partial charge in [-0.15, -0.1) is 10.2 Å². The first kappa shape index (κ1) is 20.6. The van der Waals surface area contributed by atoms with E-state index in [4.69, 9.17) is 4.74 Å². The minimum atomic E-state index is -0.500. The molecule has 0 aliphatic rings. The highest BCUT2D eigenvalue weighted by molar-refractivity contribution is 8.00. The first-order chi connectivity index (χ1) is 15.0. The number of halogens is 1. The first-order valence-electron chi connectivity index (χ1n) is 9.30. The maximum absolute atomic E-state index is 13.5. The molecule has 0 saturated carbocycles. The molecule has 2 heterocycles. The third-order valence-electron chi connectivity index (χ3n) is 4.53. The molecule has 31 heavy (non-hydrogen) atoms. The van der Waals surface area contributed by atoms with E-state index >= 15 is 0 Å². The van der Waals surface area contributed by atoms with E-state index in [1.54, 1.807) is 50.6 Å². The van der Waals surface area contributed by atoms with Crippen molar-refractivity contribution < 1.29 is 13.9 Å². The van der Waals surface area contributed by atoms with Crippen molar-refractivity contribution in [2.75, 3.05) is 12.4 Å². The highest BCUT2D eigenvalue weighted by Crippen LogP contribution is 2.23. The number of carbonyl (C=O) groups excluding carboxylic acids is 1. The highest BCUT2D eigenvalue weighted by Gasteiger charge is 2.19. The Kier molecular flexibility index (Phi) is 5.72. The molecule has 0 radical (unpaired) electrons. The third kappa shape index (κ3) is 4.29. The van der Waals surface area contributed by atoms with Crippen LogP contribution in [-0.4, -0.2) is 37.4 Å². The van der Waals surface area contributed by atoms with Crippen LogP contribution in [-0.2, 0) is 4.79 Å². The predicted octanol–water partition coefficient (Wildman–Crippen LogP) is 3.15. The Morgan fingerprint density at radius 3 is 2.65 bits per heavy atom. The lowest BCUT2D eigenvalue weighted by Crippen LogP contribution is -2.23. The van der Waals surface area contributed by atoms with Crippen LogP contribution in [0.3, 0.4) is 0 Å². The van der Waals surface area contributed by atoms with Crippen molar-refractivity contribution in [3.05, 3.63) is 77.1 Å². The van der Waals surface area contributed by atoms with Gasteiger partial charge in [0.25, 0.3) is 0 Å². The van der Waals surface area contributed by atoms with Gasteiger partial charge in [-0.1, -0.05) is 17.8 Å². The van der Waals surface area contributed by atoms with Crippen LogP contribution in [0.2, 0.25) is 0 Å². The van der Waals surface area contributed by atoms with Crippen LogP contribution in [0.4, 0.5) is 10.1 Å². The Balaban J connectivity index is 1.53. The predicted molar refractivity (Wildman–Crippen MR) is 115 cm³/mol. The van der Waals surface area contributed by atoms with Crippen molar-refractivity contribution in [3.63, 3.8) is 0 Å². The number of ether oxygens (including phenoxy) is 1. The highest BCUT2D eigenvalue weighted by atomic mass is 32.2. The molecule has 8 nitrogen and oxygen atoms in total. The molecule has 158 valence electrons. The number of hydrogen-bond acceptors (Lipinski definition) is 6. The van der Waals surface area contributed by atoms with Gasteiger partial charge >= 0.3 is 5.56 Å². The molecule has 4 aromatic rings. The number of anilines is 1.